The molecule has 2 N–H and O–H groups in total. The van der Waals surface area contributed by atoms with Crippen molar-refractivity contribution in [3.8, 4) is 0 Å². The number of ether oxygens (including phenoxy) is 7. The maximum absolute atomic E-state index is 14.7. The molecule has 0 aliphatic carbocycles. The summed E-state index contributed by atoms with van der Waals surface area (Å²) in [4.78, 5) is 80.7. The summed E-state index contributed by atoms with van der Waals surface area (Å²) in [5, 5.41) is 15.6. The standard InChI is InChI=1S/C50H66N4O13/c1-11-38-50(8)43(53-47(59)66-50)30(4)40(56)28(2)25-49(7,67-48(60)61-21-15-17-33-23-35-18-12-13-19-36(35)52-27-33)44(65-46-41(57)37(54(9)10)22-29(3)62-46)31(5)42(32(6)45(58)63-38)64-39(55)24-34-16-14-20-51-26-34/h12-20,23,26-32,37-38,41-44,46,57H,11,21-22,24-25H2,1-10H3,(H,53,59)/t28-,29-,30+,31+,32-,37+,38-,41-,42+,43-,44-,46+,49-,50-/m1/s1. The lowest BCUT2D eigenvalue weighted by Gasteiger charge is -2.48. The van der Waals surface area contributed by atoms with E-state index >= 15 is 0 Å². The third kappa shape index (κ3) is 11.8. The number of aliphatic hydroxyl groups excluding tert-OH is 1. The van der Waals surface area contributed by atoms with Crippen molar-refractivity contribution in [2.24, 2.45) is 23.7 Å². The topological polar surface area (TPSA) is 211 Å². The Morgan fingerprint density at radius 1 is 1.01 bits per heavy atom. The van der Waals surface area contributed by atoms with Crippen LogP contribution in [0.2, 0.25) is 0 Å². The smallest absolute Gasteiger partial charge is 0.461 e. The summed E-state index contributed by atoms with van der Waals surface area (Å²) < 4.78 is 43.5. The largest absolute Gasteiger partial charge is 0.509 e. The number of aliphatic hydroxyl groups is 1. The van der Waals surface area contributed by atoms with Crippen LogP contribution in [0.25, 0.3) is 17.0 Å². The van der Waals surface area contributed by atoms with Crippen LogP contribution in [0.3, 0.4) is 0 Å². The second-order valence-electron chi connectivity index (χ2n) is 18.9. The molecule has 6 rings (SSSR count). The lowest BCUT2D eigenvalue weighted by Crippen LogP contribution is -2.61. The van der Waals surface area contributed by atoms with E-state index in [1.165, 1.54) is 6.20 Å². The van der Waals surface area contributed by atoms with Crippen molar-refractivity contribution in [3.63, 3.8) is 0 Å². The van der Waals surface area contributed by atoms with E-state index in [0.717, 1.165) is 16.5 Å². The molecule has 17 heteroatoms. The van der Waals surface area contributed by atoms with Crippen LogP contribution in [0.5, 0.6) is 0 Å². The molecule has 3 fully saturated rings. The van der Waals surface area contributed by atoms with Crippen molar-refractivity contribution in [3.05, 3.63) is 78.3 Å². The number of hydrogen-bond acceptors (Lipinski definition) is 16. The van der Waals surface area contributed by atoms with Gasteiger partial charge in [0.05, 0.1) is 30.0 Å². The second kappa shape index (κ2) is 21.6. The first-order valence-corrected chi connectivity index (χ1v) is 23.1. The Labute approximate surface area is 392 Å². The molecule has 1 amide bonds. The van der Waals surface area contributed by atoms with Crippen LogP contribution in [0, 0.1) is 23.7 Å². The number of amides is 1. The Kier molecular flexibility index (Phi) is 16.4. The Balaban J connectivity index is 1.42. The van der Waals surface area contributed by atoms with Crippen LogP contribution in [-0.2, 0) is 54.0 Å². The number of fused-ring (bicyclic) bond motifs is 2. The van der Waals surface area contributed by atoms with E-state index in [4.69, 9.17) is 33.2 Å². The fraction of sp³-hybridized carbons (Fsp3) is 0.580. The number of nitrogens with zero attached hydrogens (tertiary/aromatic N) is 3. The van der Waals surface area contributed by atoms with Crippen molar-refractivity contribution in [2.75, 3.05) is 20.7 Å². The minimum absolute atomic E-state index is 0.195. The van der Waals surface area contributed by atoms with Gasteiger partial charge >= 0.3 is 24.2 Å². The first kappa shape index (κ1) is 50.9. The predicted molar refractivity (Wildman–Crippen MR) is 245 cm³/mol. The summed E-state index contributed by atoms with van der Waals surface area (Å²) in [7, 11) is 3.65. The summed E-state index contributed by atoms with van der Waals surface area (Å²) in [6.45, 7) is 13.1. The number of carbonyl (C=O) groups is 5. The molecule has 2 aromatic heterocycles. The highest BCUT2D eigenvalue weighted by Crippen LogP contribution is 2.42. The van der Waals surface area contributed by atoms with Gasteiger partial charge in [-0.25, -0.2) is 9.59 Å². The highest BCUT2D eigenvalue weighted by Gasteiger charge is 2.58. The van der Waals surface area contributed by atoms with Crippen molar-refractivity contribution >= 4 is 46.9 Å². The third-order valence-corrected chi connectivity index (χ3v) is 13.5. The number of carbonyl (C=O) groups excluding carboxylic acids is 5. The highest BCUT2D eigenvalue weighted by molar-refractivity contribution is 5.85. The molecule has 67 heavy (non-hydrogen) atoms. The van der Waals surface area contributed by atoms with E-state index in [2.05, 4.69) is 15.3 Å². The van der Waals surface area contributed by atoms with Gasteiger partial charge < -0.3 is 48.5 Å². The average Bonchev–Trinajstić information content (AvgIpc) is 3.61. The van der Waals surface area contributed by atoms with E-state index in [1.54, 1.807) is 85.1 Å². The number of rotatable bonds is 11. The van der Waals surface area contributed by atoms with Gasteiger partial charge in [-0.1, -0.05) is 58.0 Å². The molecule has 17 nitrogen and oxygen atoms in total. The Bertz CT molecular complexity index is 2260. The lowest BCUT2D eigenvalue weighted by atomic mass is 9.73. The SMILES string of the molecule is CC[C@H]1OC(=O)[C@H](C)[C@@H](OC(=O)Cc2cccnc2)[C@H](C)[C@@H](O[C@@H]2O[C@H](C)C[C@H](N(C)C)[C@H]2O)[C@](C)(OC(=O)OCC=Cc2cnc3ccccc3c2)C[C@@H](C)C(=O)[C@H](C)[C@H]2NC(=O)O[C@@]21C. The molecule has 14 atom stereocenters. The Hall–Kier alpha value is -5.49. The van der Waals surface area contributed by atoms with E-state index in [1.807, 2.05) is 56.3 Å². The van der Waals surface area contributed by atoms with Crippen LogP contribution in [-0.4, -0.2) is 131 Å². The normalized spacial score (nSPS) is 34.1. The van der Waals surface area contributed by atoms with E-state index in [9.17, 15) is 29.1 Å². The Morgan fingerprint density at radius 2 is 1.76 bits per heavy atom. The number of hydrogen-bond donors (Lipinski definition) is 2. The van der Waals surface area contributed by atoms with Gasteiger partial charge in [0.25, 0.3) is 0 Å². The number of benzene rings is 1. The fourth-order valence-electron chi connectivity index (χ4n) is 10.00. The molecule has 0 bridgehead atoms. The molecule has 0 unspecified atom stereocenters. The zero-order valence-electron chi connectivity index (χ0n) is 40.1. The first-order valence-electron chi connectivity index (χ1n) is 23.1. The predicted octanol–water partition coefficient (Wildman–Crippen LogP) is 6.23. The molecule has 0 spiro atoms. The van der Waals surface area contributed by atoms with Gasteiger partial charge in [0.2, 0.25) is 0 Å². The number of likely N-dealkylation sites (N-methyl/N-ethyl adjacent to an activating group) is 1. The summed E-state index contributed by atoms with van der Waals surface area (Å²) >= 11 is 0. The number of esters is 2. The van der Waals surface area contributed by atoms with Gasteiger partial charge in [0, 0.05) is 47.8 Å². The molecule has 5 heterocycles. The quantitative estimate of drug-likeness (QED) is 0.161. The summed E-state index contributed by atoms with van der Waals surface area (Å²) in [5.74, 6) is -5.89. The van der Waals surface area contributed by atoms with Gasteiger partial charge in [0.1, 0.15) is 42.4 Å². The van der Waals surface area contributed by atoms with Crippen LogP contribution >= 0.6 is 0 Å². The third-order valence-electron chi connectivity index (χ3n) is 13.5. The van der Waals surface area contributed by atoms with Gasteiger partial charge in [0.15, 0.2) is 11.9 Å². The number of para-hydroxylation sites is 1. The maximum Gasteiger partial charge on any atom is 0.509 e. The van der Waals surface area contributed by atoms with Crippen molar-refractivity contribution in [1.29, 1.82) is 0 Å². The van der Waals surface area contributed by atoms with Crippen LogP contribution < -0.4 is 5.32 Å². The molecule has 0 radical (unpaired) electrons. The minimum Gasteiger partial charge on any atom is -0.461 e. The number of cyclic esters (lactones) is 1. The molecule has 1 aromatic carbocycles. The van der Waals surface area contributed by atoms with Gasteiger partial charge in [-0.05, 0) is 96.5 Å². The zero-order chi connectivity index (χ0) is 48.8. The molecule has 3 aromatic rings. The molecule has 0 saturated carbocycles. The summed E-state index contributed by atoms with van der Waals surface area (Å²) in [6, 6.07) is 11.6. The van der Waals surface area contributed by atoms with Gasteiger partial charge in [-0.3, -0.25) is 24.4 Å². The van der Waals surface area contributed by atoms with E-state index in [0.29, 0.717) is 12.0 Å². The van der Waals surface area contributed by atoms with Gasteiger partial charge in [-0.2, -0.15) is 0 Å². The monoisotopic (exact) mass is 930 g/mol. The number of pyridine rings is 2. The highest BCUT2D eigenvalue weighted by atomic mass is 16.8. The summed E-state index contributed by atoms with van der Waals surface area (Å²) in [6.07, 6.45) is -0.140. The number of ketones is 1. The first-order chi connectivity index (χ1) is 31.7. The molecule has 3 aliphatic heterocycles. The molecular formula is C50H66N4O13. The van der Waals surface area contributed by atoms with E-state index in [-0.39, 0.29) is 31.7 Å². The van der Waals surface area contributed by atoms with Crippen LogP contribution in [0.15, 0.2) is 67.1 Å². The van der Waals surface area contributed by atoms with Crippen molar-refractivity contribution in [1.82, 2.24) is 20.2 Å². The number of nitrogens with one attached hydrogen (secondary N) is 1. The van der Waals surface area contributed by atoms with E-state index < -0.39 is 108 Å². The summed E-state index contributed by atoms with van der Waals surface area (Å²) in [5.41, 5.74) is -1.16. The number of alkyl carbamates (subject to hydrolysis) is 1. The maximum atomic E-state index is 14.7. The molecule has 364 valence electrons. The zero-order valence-corrected chi connectivity index (χ0v) is 40.1. The van der Waals surface area contributed by atoms with Crippen molar-refractivity contribution < 1.29 is 62.2 Å². The average molecular weight is 931 g/mol. The van der Waals surface area contributed by atoms with Crippen molar-refractivity contribution in [2.45, 2.75) is 141 Å². The number of aromatic nitrogens is 2. The van der Waals surface area contributed by atoms with Gasteiger partial charge in [-0.15, -0.1) is 0 Å². The second-order valence-corrected chi connectivity index (χ2v) is 18.9. The minimum atomic E-state index is -1.83. The molecular weight excluding hydrogens is 865 g/mol. The number of Topliss-reactive ketones (excluding diaryl/α,β-unsaturated/α-hetero) is 1. The molecule has 3 aliphatic rings. The van der Waals surface area contributed by atoms with Crippen LogP contribution in [0.4, 0.5) is 9.59 Å². The fourth-order valence-corrected chi connectivity index (χ4v) is 10.00. The molecule has 3 saturated heterocycles. The van der Waals surface area contributed by atoms with Crippen LogP contribution in [0.1, 0.15) is 85.8 Å². The lowest BCUT2D eigenvalue weighted by molar-refractivity contribution is -0.300. The Morgan fingerprint density at radius 3 is 2.46 bits per heavy atom.